The van der Waals surface area contributed by atoms with Crippen molar-refractivity contribution in [3.8, 4) is 0 Å². The summed E-state index contributed by atoms with van der Waals surface area (Å²) in [5.74, 6) is -1.52. The van der Waals surface area contributed by atoms with E-state index in [0.717, 1.165) is 0 Å². The number of hydrogen-bond donors (Lipinski definition) is 1. The fourth-order valence-corrected chi connectivity index (χ4v) is 7.25. The zero-order chi connectivity index (χ0) is 20.7. The number of rotatable bonds is 2. The Kier molecular flexibility index (Phi) is 4.02. The topological polar surface area (TPSA) is 71.4 Å². The van der Waals surface area contributed by atoms with E-state index in [0.29, 0.717) is 24.8 Å². The Labute approximate surface area is 165 Å². The third-order valence-corrected chi connectivity index (χ3v) is 9.30. The van der Waals surface area contributed by atoms with Crippen LogP contribution < -0.4 is 0 Å². The number of halogens is 1. The highest BCUT2D eigenvalue weighted by molar-refractivity contribution is 6.02. The van der Waals surface area contributed by atoms with Crippen molar-refractivity contribution in [2.45, 2.75) is 59.0 Å². The molecular weight excluding hydrogens is 362 g/mol. The van der Waals surface area contributed by atoms with Crippen LogP contribution in [-0.4, -0.2) is 34.7 Å². The summed E-state index contributed by atoms with van der Waals surface area (Å²) in [5.41, 5.74) is -3.98. The SMILES string of the molecule is C[C@@H]1C[C@H]2[C@@H]3CCC4=[13CH][13C](=O)[13CH]=C[C@]4(C)[C@@]3(F)C(=O)C[C@]2(C)[C@@]1(C)C(=O)CO. The first kappa shape index (κ1) is 19.7. The molecule has 0 aromatic rings. The fourth-order valence-electron chi connectivity index (χ4n) is 7.25. The van der Waals surface area contributed by atoms with Crippen LogP contribution in [0.15, 0.2) is 23.8 Å². The van der Waals surface area contributed by atoms with E-state index >= 15 is 4.39 Å². The van der Waals surface area contributed by atoms with Crippen LogP contribution in [0.4, 0.5) is 4.39 Å². The molecule has 7 atom stereocenters. The van der Waals surface area contributed by atoms with Crippen molar-refractivity contribution in [1.29, 1.82) is 0 Å². The number of aliphatic hydroxyl groups is 1. The predicted octanol–water partition coefficient (Wildman–Crippen LogP) is 3.38. The van der Waals surface area contributed by atoms with Gasteiger partial charge < -0.3 is 5.11 Å². The van der Waals surface area contributed by atoms with E-state index in [9.17, 15) is 19.5 Å². The Morgan fingerprint density at radius 3 is 2.57 bits per heavy atom. The van der Waals surface area contributed by atoms with Crippen molar-refractivity contribution in [2.75, 3.05) is 6.61 Å². The highest BCUT2D eigenvalue weighted by Crippen LogP contribution is 2.72. The summed E-state index contributed by atoms with van der Waals surface area (Å²) < 4.78 is 16.8. The Hall–Kier alpha value is -1.62. The molecule has 0 heterocycles. The van der Waals surface area contributed by atoms with Gasteiger partial charge in [0.15, 0.2) is 23.0 Å². The average molecular weight is 391 g/mol. The lowest BCUT2D eigenvalue weighted by atomic mass is 9.44. The maximum atomic E-state index is 16.8. The first-order chi connectivity index (χ1) is 13.0. The molecule has 0 bridgehead atoms. The van der Waals surface area contributed by atoms with Crippen molar-refractivity contribution in [2.24, 2.45) is 34.0 Å². The van der Waals surface area contributed by atoms with Crippen molar-refractivity contribution in [1.82, 2.24) is 0 Å². The van der Waals surface area contributed by atoms with Crippen molar-refractivity contribution >= 4 is 17.3 Å². The molecule has 3 saturated carbocycles. The van der Waals surface area contributed by atoms with E-state index in [2.05, 4.69) is 0 Å². The molecule has 4 rings (SSSR count). The normalized spacial score (nSPS) is 49.9. The van der Waals surface area contributed by atoms with E-state index in [1.165, 1.54) is 12.2 Å². The molecule has 4 aliphatic rings. The quantitative estimate of drug-likeness (QED) is 0.733. The smallest absolute Gasteiger partial charge is 0.184 e. The Balaban J connectivity index is 1.85. The number of fused-ring (bicyclic) bond motifs is 5. The second kappa shape index (κ2) is 5.71. The summed E-state index contributed by atoms with van der Waals surface area (Å²) in [7, 11) is 0. The Morgan fingerprint density at radius 2 is 1.93 bits per heavy atom. The predicted molar refractivity (Wildman–Crippen MR) is 102 cm³/mol. The summed E-state index contributed by atoms with van der Waals surface area (Å²) in [6, 6.07) is 0. The molecule has 28 heavy (non-hydrogen) atoms. The van der Waals surface area contributed by atoms with Gasteiger partial charge in [-0.1, -0.05) is 32.4 Å². The summed E-state index contributed by atoms with van der Waals surface area (Å²) in [6.45, 7) is 6.96. The van der Waals surface area contributed by atoms with Crippen LogP contribution in [0.25, 0.3) is 0 Å². The van der Waals surface area contributed by atoms with E-state index in [1.807, 2.05) is 20.8 Å². The van der Waals surface area contributed by atoms with Crippen LogP contribution in [0, 0.1) is 34.0 Å². The van der Waals surface area contributed by atoms with E-state index in [4.69, 9.17) is 0 Å². The molecule has 152 valence electrons. The minimum Gasteiger partial charge on any atom is -0.389 e. The van der Waals surface area contributed by atoms with Gasteiger partial charge in [0.2, 0.25) is 0 Å². The third kappa shape index (κ3) is 1.96. The highest BCUT2D eigenvalue weighted by atomic mass is 19.1. The van der Waals surface area contributed by atoms with E-state index < -0.39 is 40.2 Å². The van der Waals surface area contributed by atoms with Crippen LogP contribution >= 0.6 is 0 Å². The van der Waals surface area contributed by atoms with Gasteiger partial charge in [0.25, 0.3) is 0 Å². The molecule has 0 saturated heterocycles. The number of alkyl halides is 1. The van der Waals surface area contributed by atoms with Crippen molar-refractivity contribution in [3.05, 3.63) is 23.8 Å². The van der Waals surface area contributed by atoms with Gasteiger partial charge in [0.1, 0.15) is 6.61 Å². The number of aliphatic hydroxyl groups excluding tert-OH is 1. The Bertz CT molecular complexity index is 844. The zero-order valence-electron chi connectivity index (χ0n) is 17.0. The second-order valence-electron chi connectivity index (χ2n) is 10.0. The number of Topliss-reactive ketones (excluding diaryl/α,β-unsaturated/α-hetero) is 2. The lowest BCUT2D eigenvalue weighted by molar-refractivity contribution is -0.174. The minimum atomic E-state index is -2.06. The van der Waals surface area contributed by atoms with Crippen LogP contribution in [0.2, 0.25) is 0 Å². The monoisotopic (exact) mass is 391 g/mol. The van der Waals surface area contributed by atoms with Crippen LogP contribution in [-0.2, 0) is 14.4 Å². The first-order valence-corrected chi connectivity index (χ1v) is 10.3. The fraction of sp³-hybridized carbons (Fsp3) is 0.696. The number of ketones is 3. The average Bonchev–Trinajstić information content (AvgIpc) is 2.84. The standard InChI is InChI=1S/C23H29FO4/c1-13-9-17-16-6-5-14-10-15(26)7-8-20(14,2)23(16,24)18(27)11-21(17,3)22(13,4)19(28)12-25/h7-8,10,13,16-17,25H,5-6,9,11-12H2,1-4H3/t13-,16+,17+,20+,21+,22-,23+/m1/s1/i7+1,10+1,15+1. The molecule has 0 radical (unpaired) electrons. The molecule has 0 aliphatic heterocycles. The molecule has 0 spiro atoms. The lowest BCUT2D eigenvalue weighted by Gasteiger charge is -2.60. The number of hydrogen-bond acceptors (Lipinski definition) is 4. The van der Waals surface area contributed by atoms with Gasteiger partial charge in [-0.05, 0) is 55.6 Å². The van der Waals surface area contributed by atoms with Crippen molar-refractivity contribution < 1.29 is 23.9 Å². The summed E-state index contributed by atoms with van der Waals surface area (Å²) >= 11 is 0. The maximum absolute atomic E-state index is 16.8. The molecule has 4 aliphatic carbocycles. The van der Waals surface area contributed by atoms with Gasteiger partial charge in [-0.25, -0.2) is 4.39 Å². The number of carbonyl (C=O) groups excluding carboxylic acids is 3. The molecule has 0 aromatic carbocycles. The van der Waals surface area contributed by atoms with Crippen LogP contribution in [0.5, 0.6) is 0 Å². The third-order valence-electron chi connectivity index (χ3n) is 9.30. The highest BCUT2D eigenvalue weighted by Gasteiger charge is 2.74. The molecule has 4 nitrogen and oxygen atoms in total. The van der Waals surface area contributed by atoms with Gasteiger partial charge in [0, 0.05) is 23.2 Å². The van der Waals surface area contributed by atoms with Crippen LogP contribution in [0.1, 0.15) is 53.4 Å². The molecule has 0 aromatic heterocycles. The largest absolute Gasteiger partial charge is 0.389 e. The van der Waals surface area contributed by atoms with Crippen molar-refractivity contribution in [3.63, 3.8) is 0 Å². The van der Waals surface area contributed by atoms with Gasteiger partial charge in [0.05, 0.1) is 0 Å². The molecule has 0 unspecified atom stereocenters. The van der Waals surface area contributed by atoms with Crippen LogP contribution in [0.3, 0.4) is 0 Å². The molecule has 1 N–H and O–H groups in total. The maximum Gasteiger partial charge on any atom is 0.184 e. The lowest BCUT2D eigenvalue weighted by Crippen LogP contribution is -2.66. The van der Waals surface area contributed by atoms with Gasteiger partial charge in [-0.15, -0.1) is 0 Å². The molecule has 5 heteroatoms. The van der Waals surface area contributed by atoms with E-state index in [1.54, 1.807) is 13.0 Å². The second-order valence-corrected chi connectivity index (χ2v) is 10.0. The summed E-state index contributed by atoms with van der Waals surface area (Å²) in [6.07, 6.45) is 6.21. The van der Waals surface area contributed by atoms with Gasteiger partial charge in [-0.2, -0.15) is 0 Å². The summed E-state index contributed by atoms with van der Waals surface area (Å²) in [4.78, 5) is 38.1. The zero-order valence-corrected chi connectivity index (χ0v) is 17.0. The van der Waals surface area contributed by atoms with E-state index in [-0.39, 0.29) is 29.8 Å². The molecular formula is C23H29FO4. The number of allylic oxidation sites excluding steroid dienone is 4. The molecule has 0 amide bonds. The molecule has 3 fully saturated rings. The summed E-state index contributed by atoms with van der Waals surface area (Å²) in [5, 5.41) is 9.60. The first-order valence-electron chi connectivity index (χ1n) is 10.3. The number of carbonyl (C=O) groups is 3. The Morgan fingerprint density at radius 1 is 1.25 bits per heavy atom. The minimum absolute atomic E-state index is 0.0120. The van der Waals surface area contributed by atoms with Gasteiger partial charge >= 0.3 is 0 Å². The van der Waals surface area contributed by atoms with Gasteiger partial charge in [-0.3, -0.25) is 14.4 Å².